The lowest BCUT2D eigenvalue weighted by atomic mass is 9.92. The van der Waals surface area contributed by atoms with E-state index in [4.69, 9.17) is 9.73 Å². The molecule has 0 amide bonds. The Bertz CT molecular complexity index is 585. The van der Waals surface area contributed by atoms with Gasteiger partial charge in [-0.05, 0) is 23.8 Å². The normalized spacial score (nSPS) is 20.4. The summed E-state index contributed by atoms with van der Waals surface area (Å²) in [7, 11) is 1.68. The fourth-order valence-electron chi connectivity index (χ4n) is 3.26. The van der Waals surface area contributed by atoms with Crippen molar-refractivity contribution in [2.45, 2.75) is 26.8 Å². The number of rotatable bonds is 6. The average Bonchev–Trinajstić information content (AvgIpc) is 2.57. The number of nitro groups is 1. The standard InChI is InChI=1S/C18H28N4O3.HI/c1-14-10-15(2)13-21(12-14)18(19-8-9-25-3)20-11-16-4-6-17(7-5-16)22(23)24;/h4-7,14-15H,8-13H2,1-3H3,(H,19,20);1H. The van der Waals surface area contributed by atoms with Crippen LogP contribution in [-0.2, 0) is 11.3 Å². The number of non-ortho nitro benzene ring substituents is 1. The van der Waals surface area contributed by atoms with E-state index in [1.165, 1.54) is 18.6 Å². The summed E-state index contributed by atoms with van der Waals surface area (Å²) in [6.45, 7) is 8.33. The summed E-state index contributed by atoms with van der Waals surface area (Å²) in [6, 6.07) is 6.56. The Hall–Kier alpha value is -1.42. The van der Waals surface area contributed by atoms with Gasteiger partial charge in [-0.1, -0.05) is 26.0 Å². The van der Waals surface area contributed by atoms with Gasteiger partial charge in [0.05, 0.1) is 18.1 Å². The van der Waals surface area contributed by atoms with Crippen molar-refractivity contribution in [3.05, 3.63) is 39.9 Å². The van der Waals surface area contributed by atoms with Crippen LogP contribution in [0.2, 0.25) is 0 Å². The van der Waals surface area contributed by atoms with Crippen LogP contribution in [0, 0.1) is 22.0 Å². The van der Waals surface area contributed by atoms with Crippen molar-refractivity contribution in [3.8, 4) is 0 Å². The van der Waals surface area contributed by atoms with Gasteiger partial charge in [0, 0.05) is 38.9 Å². The smallest absolute Gasteiger partial charge is 0.269 e. The molecule has 0 aromatic heterocycles. The predicted molar refractivity (Wildman–Crippen MR) is 114 cm³/mol. The maximum absolute atomic E-state index is 10.7. The first-order valence-electron chi connectivity index (χ1n) is 8.75. The van der Waals surface area contributed by atoms with Crippen molar-refractivity contribution in [1.82, 2.24) is 10.2 Å². The fourth-order valence-corrected chi connectivity index (χ4v) is 3.26. The first-order valence-corrected chi connectivity index (χ1v) is 8.75. The Kier molecular flexibility index (Phi) is 9.85. The second-order valence-electron chi connectivity index (χ2n) is 6.83. The van der Waals surface area contributed by atoms with E-state index in [-0.39, 0.29) is 34.6 Å². The van der Waals surface area contributed by atoms with Gasteiger partial charge in [0.25, 0.3) is 5.69 Å². The van der Waals surface area contributed by atoms with Crippen molar-refractivity contribution in [2.24, 2.45) is 16.8 Å². The number of hydrogen-bond acceptors (Lipinski definition) is 4. The summed E-state index contributed by atoms with van der Waals surface area (Å²) in [4.78, 5) is 17.4. The third kappa shape index (κ3) is 7.06. The number of hydrogen-bond donors (Lipinski definition) is 1. The Morgan fingerprint density at radius 2 is 1.92 bits per heavy atom. The van der Waals surface area contributed by atoms with Gasteiger partial charge in [-0.25, -0.2) is 4.99 Å². The molecule has 0 aliphatic carbocycles. The molecule has 1 fully saturated rings. The van der Waals surface area contributed by atoms with E-state index in [1.54, 1.807) is 19.2 Å². The minimum atomic E-state index is -0.388. The number of benzene rings is 1. The largest absolute Gasteiger partial charge is 0.383 e. The van der Waals surface area contributed by atoms with Crippen LogP contribution in [0.5, 0.6) is 0 Å². The first-order chi connectivity index (χ1) is 12.0. The second-order valence-corrected chi connectivity index (χ2v) is 6.83. The summed E-state index contributed by atoms with van der Waals surface area (Å²) in [5, 5.41) is 14.1. The molecule has 1 aliphatic heterocycles. The van der Waals surface area contributed by atoms with Crippen molar-refractivity contribution in [3.63, 3.8) is 0 Å². The molecule has 2 unspecified atom stereocenters. The van der Waals surface area contributed by atoms with E-state index in [0.717, 1.165) is 24.6 Å². The van der Waals surface area contributed by atoms with Crippen LogP contribution in [0.3, 0.4) is 0 Å². The van der Waals surface area contributed by atoms with Crippen molar-refractivity contribution < 1.29 is 9.66 Å². The van der Waals surface area contributed by atoms with Crippen LogP contribution < -0.4 is 5.32 Å². The van der Waals surface area contributed by atoms with Crippen molar-refractivity contribution in [2.75, 3.05) is 33.4 Å². The van der Waals surface area contributed by atoms with E-state index in [9.17, 15) is 10.1 Å². The molecule has 7 nitrogen and oxygen atoms in total. The molecule has 26 heavy (non-hydrogen) atoms. The summed E-state index contributed by atoms with van der Waals surface area (Å²) in [5.74, 6) is 2.16. The van der Waals surface area contributed by atoms with Gasteiger partial charge in [0.2, 0.25) is 0 Å². The molecule has 2 atom stereocenters. The molecule has 0 bridgehead atoms. The van der Waals surface area contributed by atoms with Gasteiger partial charge >= 0.3 is 0 Å². The molecular weight excluding hydrogens is 447 g/mol. The predicted octanol–water partition coefficient (Wildman–Crippen LogP) is 3.28. The first kappa shape index (κ1) is 22.6. The van der Waals surface area contributed by atoms with Crippen LogP contribution in [0.1, 0.15) is 25.8 Å². The number of ether oxygens (including phenoxy) is 1. The second kappa shape index (κ2) is 11.3. The van der Waals surface area contributed by atoms with Crippen LogP contribution >= 0.6 is 24.0 Å². The molecule has 1 aromatic carbocycles. The molecular formula is C18H29IN4O3. The SMILES string of the molecule is COCCNC(=NCc1ccc([N+](=O)[O-])cc1)N1CC(C)CC(C)C1.I. The lowest BCUT2D eigenvalue weighted by Crippen LogP contribution is -2.49. The quantitative estimate of drug-likeness (QED) is 0.170. The highest BCUT2D eigenvalue weighted by Gasteiger charge is 2.24. The zero-order chi connectivity index (χ0) is 18.2. The molecule has 1 aliphatic rings. The van der Waals surface area contributed by atoms with E-state index < -0.39 is 0 Å². The Labute approximate surface area is 172 Å². The van der Waals surface area contributed by atoms with Gasteiger partial charge in [0.15, 0.2) is 5.96 Å². The monoisotopic (exact) mass is 476 g/mol. The average molecular weight is 476 g/mol. The molecule has 1 saturated heterocycles. The molecule has 2 rings (SSSR count). The van der Waals surface area contributed by atoms with Gasteiger partial charge in [-0.3, -0.25) is 10.1 Å². The highest BCUT2D eigenvalue weighted by atomic mass is 127. The van der Waals surface area contributed by atoms with Gasteiger partial charge in [-0.15, -0.1) is 24.0 Å². The highest BCUT2D eigenvalue weighted by Crippen LogP contribution is 2.21. The zero-order valence-corrected chi connectivity index (χ0v) is 18.0. The zero-order valence-electron chi connectivity index (χ0n) is 15.7. The number of nitro benzene ring substituents is 1. The van der Waals surface area contributed by atoms with Crippen molar-refractivity contribution >= 4 is 35.6 Å². The molecule has 8 heteroatoms. The molecule has 1 aromatic rings. The Balaban J connectivity index is 0.00000338. The number of likely N-dealkylation sites (tertiary alicyclic amines) is 1. The number of methoxy groups -OCH3 is 1. The van der Waals surface area contributed by atoms with E-state index in [1.807, 2.05) is 0 Å². The summed E-state index contributed by atoms with van der Waals surface area (Å²) in [5.41, 5.74) is 1.06. The fraction of sp³-hybridized carbons (Fsp3) is 0.611. The number of piperidine rings is 1. The lowest BCUT2D eigenvalue weighted by molar-refractivity contribution is -0.384. The van der Waals surface area contributed by atoms with Gasteiger partial charge in [-0.2, -0.15) is 0 Å². The van der Waals surface area contributed by atoms with Crippen LogP contribution in [-0.4, -0.2) is 49.1 Å². The maximum atomic E-state index is 10.7. The van der Waals surface area contributed by atoms with Crippen LogP contribution in [0.4, 0.5) is 5.69 Å². The third-order valence-corrected chi connectivity index (χ3v) is 4.32. The number of guanidine groups is 1. The van der Waals surface area contributed by atoms with Gasteiger partial charge in [0.1, 0.15) is 0 Å². The Morgan fingerprint density at radius 3 is 2.46 bits per heavy atom. The molecule has 0 spiro atoms. The minimum Gasteiger partial charge on any atom is -0.383 e. The summed E-state index contributed by atoms with van der Waals surface area (Å²) in [6.07, 6.45) is 1.24. The minimum absolute atomic E-state index is 0. The number of aliphatic imine (C=N–C) groups is 1. The third-order valence-electron chi connectivity index (χ3n) is 4.32. The van der Waals surface area contributed by atoms with E-state index in [2.05, 4.69) is 24.1 Å². The Morgan fingerprint density at radius 1 is 1.31 bits per heavy atom. The number of nitrogens with zero attached hydrogens (tertiary/aromatic N) is 3. The highest BCUT2D eigenvalue weighted by molar-refractivity contribution is 14.0. The number of nitrogens with one attached hydrogen (secondary N) is 1. The van der Waals surface area contributed by atoms with E-state index in [0.29, 0.717) is 31.5 Å². The summed E-state index contributed by atoms with van der Waals surface area (Å²) >= 11 is 0. The van der Waals surface area contributed by atoms with Gasteiger partial charge < -0.3 is 15.0 Å². The molecule has 0 radical (unpaired) electrons. The maximum Gasteiger partial charge on any atom is 0.269 e. The molecule has 1 N–H and O–H groups in total. The molecule has 146 valence electrons. The van der Waals surface area contributed by atoms with E-state index >= 15 is 0 Å². The van der Waals surface area contributed by atoms with Crippen LogP contribution in [0.15, 0.2) is 29.3 Å². The van der Waals surface area contributed by atoms with Crippen molar-refractivity contribution in [1.29, 1.82) is 0 Å². The lowest BCUT2D eigenvalue weighted by Gasteiger charge is -2.37. The topological polar surface area (TPSA) is 80.0 Å². The summed E-state index contributed by atoms with van der Waals surface area (Å²) < 4.78 is 5.12. The number of halogens is 1. The van der Waals surface area contributed by atoms with Crippen LogP contribution in [0.25, 0.3) is 0 Å². The molecule has 1 heterocycles. The molecule has 0 saturated carbocycles.